The lowest BCUT2D eigenvalue weighted by atomic mass is 9.72. The number of carboxylic acid groups (broad SMARTS) is 1. The summed E-state index contributed by atoms with van der Waals surface area (Å²) in [4.78, 5) is 30.8. The van der Waals surface area contributed by atoms with Crippen molar-refractivity contribution in [3.05, 3.63) is 71.3 Å². The molecule has 1 saturated heterocycles. The maximum absolute atomic E-state index is 13.3. The SMILES string of the molecule is Cc1noc(-c2ccc(C(=O)N3CCC(C(=O)O)(c4ccc(F)cc4)CC3)cc2)n1. The maximum Gasteiger partial charge on any atom is 0.314 e. The standard InChI is InChI=1S/C22H20FN3O4/c1-14-24-19(30-25-14)15-2-4-16(5-3-15)20(27)26-12-10-22(11-13-26,21(28)29)17-6-8-18(23)9-7-17/h2-9H,10-13H2,1H3,(H,28,29). The molecule has 1 amide bonds. The van der Waals surface area contributed by atoms with Gasteiger partial charge in [-0.2, -0.15) is 4.98 Å². The lowest BCUT2D eigenvalue weighted by molar-refractivity contribution is -0.145. The summed E-state index contributed by atoms with van der Waals surface area (Å²) in [5.41, 5.74) is 0.652. The zero-order valence-corrected chi connectivity index (χ0v) is 16.3. The molecule has 154 valence electrons. The van der Waals surface area contributed by atoms with E-state index < -0.39 is 17.2 Å². The Morgan fingerprint density at radius 2 is 1.70 bits per heavy atom. The Bertz CT molecular complexity index is 1070. The molecule has 3 aromatic rings. The van der Waals surface area contributed by atoms with Gasteiger partial charge in [0.15, 0.2) is 5.82 Å². The highest BCUT2D eigenvalue weighted by Gasteiger charge is 2.44. The minimum atomic E-state index is -1.12. The van der Waals surface area contributed by atoms with E-state index in [1.54, 1.807) is 36.1 Å². The highest BCUT2D eigenvalue weighted by atomic mass is 19.1. The van der Waals surface area contributed by atoms with Gasteiger partial charge in [-0.15, -0.1) is 0 Å². The Morgan fingerprint density at radius 1 is 1.07 bits per heavy atom. The highest BCUT2D eigenvalue weighted by Crippen LogP contribution is 2.36. The van der Waals surface area contributed by atoms with E-state index in [4.69, 9.17) is 4.52 Å². The van der Waals surface area contributed by atoms with Crippen molar-refractivity contribution >= 4 is 11.9 Å². The van der Waals surface area contributed by atoms with Crippen LogP contribution in [0.2, 0.25) is 0 Å². The van der Waals surface area contributed by atoms with Crippen LogP contribution in [0.4, 0.5) is 4.39 Å². The molecule has 30 heavy (non-hydrogen) atoms. The Balaban J connectivity index is 1.48. The number of benzene rings is 2. The first-order valence-electron chi connectivity index (χ1n) is 9.58. The van der Waals surface area contributed by atoms with Crippen molar-refractivity contribution in [1.82, 2.24) is 15.0 Å². The summed E-state index contributed by atoms with van der Waals surface area (Å²) in [5.74, 6) is -0.621. The minimum Gasteiger partial charge on any atom is -0.481 e. The third-order valence-electron chi connectivity index (χ3n) is 5.62. The first-order valence-corrected chi connectivity index (χ1v) is 9.58. The van der Waals surface area contributed by atoms with E-state index >= 15 is 0 Å². The summed E-state index contributed by atoms with van der Waals surface area (Å²) >= 11 is 0. The van der Waals surface area contributed by atoms with Gasteiger partial charge < -0.3 is 14.5 Å². The monoisotopic (exact) mass is 409 g/mol. The Kier molecular flexibility index (Phi) is 5.07. The third kappa shape index (κ3) is 3.56. The number of carbonyl (C=O) groups is 2. The molecule has 1 aliphatic heterocycles. The normalized spacial score (nSPS) is 15.7. The molecule has 8 heteroatoms. The predicted octanol–water partition coefficient (Wildman–Crippen LogP) is 3.44. The van der Waals surface area contributed by atoms with Crippen LogP contribution in [0, 0.1) is 12.7 Å². The summed E-state index contributed by atoms with van der Waals surface area (Å²) in [7, 11) is 0. The van der Waals surface area contributed by atoms with E-state index in [0.29, 0.717) is 41.5 Å². The van der Waals surface area contributed by atoms with Gasteiger partial charge in [0.25, 0.3) is 11.8 Å². The molecule has 1 N–H and O–H groups in total. The molecule has 2 heterocycles. The van der Waals surface area contributed by atoms with E-state index in [0.717, 1.165) is 0 Å². The van der Waals surface area contributed by atoms with Crippen LogP contribution in [0.3, 0.4) is 0 Å². The number of nitrogens with zero attached hydrogens (tertiary/aromatic N) is 3. The van der Waals surface area contributed by atoms with Crippen LogP contribution >= 0.6 is 0 Å². The van der Waals surface area contributed by atoms with Crippen LogP contribution in [-0.2, 0) is 10.2 Å². The molecule has 0 aliphatic carbocycles. The van der Waals surface area contributed by atoms with Crippen LogP contribution in [0.15, 0.2) is 53.1 Å². The second-order valence-corrected chi connectivity index (χ2v) is 7.41. The number of aromatic nitrogens is 2. The Hall–Kier alpha value is -3.55. The fraction of sp³-hybridized carbons (Fsp3) is 0.273. The summed E-state index contributed by atoms with van der Waals surface area (Å²) in [6, 6.07) is 12.4. The molecule has 0 saturated carbocycles. The number of carboxylic acids is 1. The number of likely N-dealkylation sites (tertiary alicyclic amines) is 1. The van der Waals surface area contributed by atoms with E-state index in [1.165, 1.54) is 24.3 Å². The molecule has 1 aliphatic rings. The molecule has 2 aromatic carbocycles. The Morgan fingerprint density at radius 3 is 2.23 bits per heavy atom. The number of piperidine rings is 1. The van der Waals surface area contributed by atoms with E-state index in [2.05, 4.69) is 10.1 Å². The highest BCUT2D eigenvalue weighted by molar-refractivity contribution is 5.95. The van der Waals surface area contributed by atoms with Crippen LogP contribution < -0.4 is 0 Å². The van der Waals surface area contributed by atoms with Gasteiger partial charge in [-0.1, -0.05) is 17.3 Å². The van der Waals surface area contributed by atoms with Crippen molar-refractivity contribution in [1.29, 1.82) is 0 Å². The summed E-state index contributed by atoms with van der Waals surface area (Å²) in [6.45, 7) is 2.32. The number of carbonyl (C=O) groups excluding carboxylic acids is 1. The minimum absolute atomic E-state index is 0.165. The van der Waals surface area contributed by atoms with Crippen molar-refractivity contribution in [3.8, 4) is 11.5 Å². The second kappa shape index (κ2) is 7.70. The van der Waals surface area contributed by atoms with E-state index in [9.17, 15) is 19.1 Å². The maximum atomic E-state index is 13.3. The number of amides is 1. The van der Waals surface area contributed by atoms with E-state index in [1.807, 2.05) is 0 Å². The third-order valence-corrected chi connectivity index (χ3v) is 5.62. The smallest absolute Gasteiger partial charge is 0.314 e. The largest absolute Gasteiger partial charge is 0.481 e. The lowest BCUT2D eigenvalue weighted by Crippen LogP contribution is -2.49. The predicted molar refractivity (Wildman–Crippen MR) is 105 cm³/mol. The van der Waals surface area contributed by atoms with Gasteiger partial charge in [0, 0.05) is 24.2 Å². The molecular formula is C22H20FN3O4. The quantitative estimate of drug-likeness (QED) is 0.709. The first kappa shape index (κ1) is 19.8. The molecule has 0 spiro atoms. The number of halogens is 1. The lowest BCUT2D eigenvalue weighted by Gasteiger charge is -2.39. The van der Waals surface area contributed by atoms with Crippen LogP contribution in [0.1, 0.15) is 34.6 Å². The molecular weight excluding hydrogens is 389 g/mol. The van der Waals surface area contributed by atoms with Crippen LogP contribution in [0.5, 0.6) is 0 Å². The van der Waals surface area contributed by atoms with Crippen LogP contribution in [0.25, 0.3) is 11.5 Å². The van der Waals surface area contributed by atoms with Crippen molar-refractivity contribution in [2.24, 2.45) is 0 Å². The Labute approximate surface area is 172 Å². The van der Waals surface area contributed by atoms with Gasteiger partial charge >= 0.3 is 5.97 Å². The molecule has 4 rings (SSSR count). The molecule has 0 atom stereocenters. The number of hydrogen-bond donors (Lipinski definition) is 1. The molecule has 1 aromatic heterocycles. The number of aryl methyl sites for hydroxylation is 1. The molecule has 0 unspecified atom stereocenters. The van der Waals surface area contributed by atoms with Gasteiger partial charge in [0.05, 0.1) is 5.41 Å². The second-order valence-electron chi connectivity index (χ2n) is 7.41. The van der Waals surface area contributed by atoms with Gasteiger partial charge in [-0.25, -0.2) is 4.39 Å². The summed E-state index contributed by atoms with van der Waals surface area (Å²) in [6.07, 6.45) is 0.526. The molecule has 0 radical (unpaired) electrons. The summed E-state index contributed by atoms with van der Waals surface area (Å²) < 4.78 is 18.4. The first-order chi connectivity index (χ1) is 14.4. The molecule has 1 fully saturated rings. The van der Waals surface area contributed by atoms with Crippen molar-refractivity contribution in [3.63, 3.8) is 0 Å². The average molecular weight is 409 g/mol. The zero-order chi connectivity index (χ0) is 21.3. The van der Waals surface area contributed by atoms with Gasteiger partial charge in [-0.3, -0.25) is 9.59 Å². The topological polar surface area (TPSA) is 96.5 Å². The molecule has 7 nitrogen and oxygen atoms in total. The van der Waals surface area contributed by atoms with Crippen molar-refractivity contribution < 1.29 is 23.6 Å². The van der Waals surface area contributed by atoms with Gasteiger partial charge in [-0.05, 0) is 61.7 Å². The van der Waals surface area contributed by atoms with Gasteiger partial charge in [0.2, 0.25) is 0 Å². The van der Waals surface area contributed by atoms with Crippen LogP contribution in [-0.4, -0.2) is 45.1 Å². The summed E-state index contributed by atoms with van der Waals surface area (Å²) in [5, 5.41) is 13.6. The average Bonchev–Trinajstić information content (AvgIpc) is 3.20. The number of hydrogen-bond acceptors (Lipinski definition) is 5. The van der Waals surface area contributed by atoms with Crippen molar-refractivity contribution in [2.45, 2.75) is 25.2 Å². The van der Waals surface area contributed by atoms with Gasteiger partial charge in [0.1, 0.15) is 5.82 Å². The molecule has 0 bridgehead atoms. The van der Waals surface area contributed by atoms with Crippen molar-refractivity contribution in [2.75, 3.05) is 13.1 Å². The van der Waals surface area contributed by atoms with E-state index in [-0.39, 0.29) is 18.7 Å². The fourth-order valence-corrected chi connectivity index (χ4v) is 3.84. The zero-order valence-electron chi connectivity index (χ0n) is 16.3. The number of aliphatic carboxylic acids is 1. The number of rotatable bonds is 4. The fourth-order valence-electron chi connectivity index (χ4n) is 3.84.